The highest BCUT2D eigenvalue weighted by Gasteiger charge is 2.12. The van der Waals surface area contributed by atoms with Gasteiger partial charge in [-0.05, 0) is 0 Å². The van der Waals surface area contributed by atoms with Crippen LogP contribution in [-0.2, 0) is 4.79 Å². The Morgan fingerprint density at radius 3 is 3.00 bits per heavy atom. The number of carbonyl (C=O) groups is 2. The minimum absolute atomic E-state index is 0.169. The molecule has 64 valence electrons. The lowest BCUT2D eigenvalue weighted by molar-refractivity contribution is -0.137. The molecule has 0 spiro atoms. The van der Waals surface area contributed by atoms with Crippen LogP contribution in [0.3, 0.4) is 0 Å². The Morgan fingerprint density at radius 2 is 2.55 bits per heavy atom. The number of aliphatic carboxylic acids is 1. The van der Waals surface area contributed by atoms with Gasteiger partial charge in [-0.25, -0.2) is 0 Å². The van der Waals surface area contributed by atoms with E-state index in [9.17, 15) is 9.59 Å². The molecule has 0 unspecified atom stereocenters. The van der Waals surface area contributed by atoms with Crippen molar-refractivity contribution < 1.29 is 18.8 Å². The van der Waals surface area contributed by atoms with Crippen molar-refractivity contribution >= 4 is 23.0 Å². The molecule has 0 bridgehead atoms. The quantitative estimate of drug-likeness (QED) is 0.544. The molecule has 5 nitrogen and oxygen atoms in total. The molecule has 0 saturated heterocycles. The monoisotopic (exact) mass is 181 g/mol. The normalized spacial score (nSPS) is 17.4. The number of rotatable bonds is 3. The van der Waals surface area contributed by atoms with Gasteiger partial charge < -0.3 is 16.2 Å². The van der Waals surface area contributed by atoms with Crippen LogP contribution in [0.2, 0.25) is 0 Å². The molecule has 0 aromatic rings. The molecule has 1 amide bonds. The first-order chi connectivity index (χ1) is 6.22. The lowest BCUT2D eigenvalue weighted by Crippen LogP contribution is -2.33. The zero-order chi connectivity index (χ0) is 11.4. The number of amides is 1. The second-order valence-corrected chi connectivity index (χ2v) is 2.66. The SMILES string of the molecule is [2H]C([2H])([2H])NC(=O)SC[C@@H](N)C(=O)O. The smallest absolute Gasteiger partial charge is 0.321 e. The number of nitrogens with two attached hydrogens (primary N) is 1. The largest absolute Gasteiger partial charge is 0.480 e. The minimum Gasteiger partial charge on any atom is -0.480 e. The zero-order valence-corrected chi connectivity index (χ0v) is 6.35. The highest BCUT2D eigenvalue weighted by Crippen LogP contribution is 2.01. The van der Waals surface area contributed by atoms with E-state index in [1.165, 1.54) is 0 Å². The maximum Gasteiger partial charge on any atom is 0.321 e. The van der Waals surface area contributed by atoms with Crippen LogP contribution in [0.15, 0.2) is 0 Å². The molecule has 0 saturated carbocycles. The topological polar surface area (TPSA) is 92.4 Å². The van der Waals surface area contributed by atoms with E-state index in [-0.39, 0.29) is 5.75 Å². The molecule has 0 radical (unpaired) electrons. The fraction of sp³-hybridized carbons (Fsp3) is 0.600. The Hall–Kier alpha value is -0.750. The maximum absolute atomic E-state index is 10.8. The van der Waals surface area contributed by atoms with Crippen LogP contribution < -0.4 is 11.1 Å². The molecule has 1 atom stereocenters. The highest BCUT2D eigenvalue weighted by molar-refractivity contribution is 8.13. The van der Waals surface area contributed by atoms with Crippen molar-refractivity contribution in [2.45, 2.75) is 6.04 Å². The Bertz CT molecular complexity index is 233. The standard InChI is InChI=1S/C5H10N2O3S/c1-7-5(10)11-2-3(6)4(8)9/h3H,2,6H2,1H3,(H,7,10)(H,8,9)/t3-/m1/s1/i1D3. The molecule has 6 heteroatoms. The third kappa shape index (κ3) is 4.63. The molecule has 0 rings (SSSR count). The summed E-state index contributed by atoms with van der Waals surface area (Å²) in [5.41, 5.74) is 5.09. The van der Waals surface area contributed by atoms with Crippen molar-refractivity contribution in [1.29, 1.82) is 0 Å². The van der Waals surface area contributed by atoms with Gasteiger partial charge in [-0.15, -0.1) is 0 Å². The fourth-order valence-electron chi connectivity index (χ4n) is 0.273. The van der Waals surface area contributed by atoms with Gasteiger partial charge in [-0.1, -0.05) is 11.8 Å². The molecule has 0 aromatic carbocycles. The average molecular weight is 181 g/mol. The summed E-state index contributed by atoms with van der Waals surface area (Å²) in [6, 6.07) is -1.18. The molecular weight excluding hydrogens is 168 g/mol. The Morgan fingerprint density at radius 1 is 1.91 bits per heavy atom. The number of hydrogen-bond acceptors (Lipinski definition) is 4. The summed E-state index contributed by atoms with van der Waals surface area (Å²) in [6.07, 6.45) is 0. The van der Waals surface area contributed by atoms with Crippen molar-refractivity contribution in [2.24, 2.45) is 5.73 Å². The van der Waals surface area contributed by atoms with Gasteiger partial charge in [-0.3, -0.25) is 9.59 Å². The van der Waals surface area contributed by atoms with Crippen LogP contribution >= 0.6 is 11.8 Å². The number of nitrogens with one attached hydrogen (secondary N) is 1. The Balaban J connectivity index is 3.81. The average Bonchev–Trinajstić information content (AvgIpc) is 1.96. The third-order valence-corrected chi connectivity index (χ3v) is 1.70. The van der Waals surface area contributed by atoms with Gasteiger partial charge in [0.05, 0.1) is 0 Å². The summed E-state index contributed by atoms with van der Waals surface area (Å²) in [4.78, 5) is 21.0. The number of carboxylic acid groups (broad SMARTS) is 1. The zero-order valence-electron chi connectivity index (χ0n) is 8.53. The van der Waals surface area contributed by atoms with E-state index in [4.69, 9.17) is 15.0 Å². The molecule has 0 aliphatic carbocycles. The number of carbonyl (C=O) groups excluding carboxylic acids is 1. The van der Waals surface area contributed by atoms with Gasteiger partial charge in [0.1, 0.15) is 6.04 Å². The summed E-state index contributed by atoms with van der Waals surface area (Å²) >= 11 is 0.524. The van der Waals surface area contributed by atoms with Gasteiger partial charge in [0, 0.05) is 16.8 Å². The summed E-state index contributed by atoms with van der Waals surface area (Å²) in [6.45, 7) is -2.56. The molecule has 0 aliphatic rings. The van der Waals surface area contributed by atoms with Crippen molar-refractivity contribution in [3.63, 3.8) is 0 Å². The second-order valence-electron chi connectivity index (χ2n) is 1.67. The lowest BCUT2D eigenvalue weighted by atomic mass is 10.4. The molecule has 0 fully saturated rings. The van der Waals surface area contributed by atoms with Gasteiger partial charge >= 0.3 is 5.97 Å². The molecular formula is C5H10N2O3S. The second kappa shape index (κ2) is 4.97. The van der Waals surface area contributed by atoms with E-state index in [1.807, 2.05) is 0 Å². The van der Waals surface area contributed by atoms with Crippen molar-refractivity contribution in [3.05, 3.63) is 0 Å². The number of thioether (sulfide) groups is 1. The van der Waals surface area contributed by atoms with Crippen LogP contribution in [0.4, 0.5) is 4.79 Å². The maximum atomic E-state index is 10.8. The first kappa shape index (κ1) is 5.84. The third-order valence-electron chi connectivity index (χ3n) is 0.813. The van der Waals surface area contributed by atoms with Gasteiger partial charge in [-0.2, -0.15) is 0 Å². The van der Waals surface area contributed by atoms with Crippen LogP contribution in [0.1, 0.15) is 4.11 Å². The van der Waals surface area contributed by atoms with Crippen molar-refractivity contribution in [1.82, 2.24) is 5.32 Å². The minimum atomic E-state index is -2.56. The molecule has 4 N–H and O–H groups in total. The van der Waals surface area contributed by atoms with E-state index in [2.05, 4.69) is 0 Å². The van der Waals surface area contributed by atoms with Gasteiger partial charge in [0.2, 0.25) is 0 Å². The van der Waals surface area contributed by atoms with Gasteiger partial charge in [0.15, 0.2) is 0 Å². The predicted octanol–water partition coefficient (Wildman–Crippen LogP) is -0.529. The highest BCUT2D eigenvalue weighted by atomic mass is 32.2. The summed E-state index contributed by atoms with van der Waals surface area (Å²) in [7, 11) is 0. The van der Waals surface area contributed by atoms with Gasteiger partial charge in [0.25, 0.3) is 5.24 Å². The van der Waals surface area contributed by atoms with Crippen LogP contribution in [0, 0.1) is 0 Å². The fourth-order valence-corrected chi connectivity index (χ4v) is 0.819. The van der Waals surface area contributed by atoms with E-state index in [0.29, 0.717) is 11.8 Å². The first-order valence-electron chi connectivity index (χ1n) is 4.15. The Labute approximate surface area is 72.5 Å². The lowest BCUT2D eigenvalue weighted by Gasteiger charge is -2.03. The summed E-state index contributed by atoms with van der Waals surface area (Å²) < 4.78 is 20.0. The summed E-state index contributed by atoms with van der Waals surface area (Å²) in [5.74, 6) is -1.41. The number of hydrogen-bond donors (Lipinski definition) is 3. The Kier molecular flexibility index (Phi) is 2.64. The van der Waals surface area contributed by atoms with E-state index < -0.39 is 24.2 Å². The molecule has 11 heavy (non-hydrogen) atoms. The molecule has 0 aromatic heterocycles. The van der Waals surface area contributed by atoms with E-state index in [0.717, 1.165) is 0 Å². The number of carboxylic acids is 1. The van der Waals surface area contributed by atoms with Crippen LogP contribution in [0.25, 0.3) is 0 Å². The molecule has 0 aliphatic heterocycles. The van der Waals surface area contributed by atoms with E-state index >= 15 is 0 Å². The van der Waals surface area contributed by atoms with Crippen LogP contribution in [0.5, 0.6) is 0 Å². The van der Waals surface area contributed by atoms with E-state index in [1.54, 1.807) is 5.32 Å². The summed E-state index contributed by atoms with van der Waals surface area (Å²) in [5, 5.41) is 9.22. The van der Waals surface area contributed by atoms with Crippen molar-refractivity contribution in [2.75, 3.05) is 12.7 Å². The molecule has 0 heterocycles. The van der Waals surface area contributed by atoms with Crippen molar-refractivity contribution in [3.8, 4) is 0 Å². The predicted molar refractivity (Wildman–Crippen MR) is 42.5 cm³/mol. The first-order valence-corrected chi connectivity index (χ1v) is 3.64. The van der Waals surface area contributed by atoms with Crippen LogP contribution in [-0.4, -0.2) is 35.1 Å².